The Kier molecular flexibility index (Phi) is 2.18. The van der Waals surface area contributed by atoms with Crippen LogP contribution in [0.25, 0.3) is 0 Å². The minimum absolute atomic E-state index is 0.479. The topological polar surface area (TPSA) is 3.24 Å². The molecule has 12 heavy (non-hydrogen) atoms. The highest BCUT2D eigenvalue weighted by atomic mass is 32.1. The molecule has 0 N–H and O–H groups in total. The molecule has 2 rings (SSSR count). The summed E-state index contributed by atoms with van der Waals surface area (Å²) in [7, 11) is 2.19. The van der Waals surface area contributed by atoms with E-state index in [1.807, 2.05) is 0 Å². The molecule has 0 aromatic rings. The Hall–Kier alpha value is -0.370. The minimum Gasteiger partial charge on any atom is -0.378 e. The van der Waals surface area contributed by atoms with Gasteiger partial charge in [-0.2, -0.15) is 12.6 Å². The van der Waals surface area contributed by atoms with Crippen molar-refractivity contribution in [2.45, 2.75) is 24.5 Å². The van der Waals surface area contributed by atoms with Gasteiger partial charge in [-0.15, -0.1) is 0 Å². The van der Waals surface area contributed by atoms with Crippen molar-refractivity contribution in [1.29, 1.82) is 0 Å². The maximum atomic E-state index is 4.59. The largest absolute Gasteiger partial charge is 0.378 e. The van der Waals surface area contributed by atoms with Gasteiger partial charge in [-0.05, 0) is 24.8 Å². The number of nitrogens with zero attached hydrogens (tertiary/aromatic N) is 1. The van der Waals surface area contributed by atoms with Gasteiger partial charge in [0, 0.05) is 24.5 Å². The van der Waals surface area contributed by atoms with E-state index in [4.69, 9.17) is 0 Å². The second-order valence-electron chi connectivity index (χ2n) is 3.57. The fourth-order valence-corrected chi connectivity index (χ4v) is 2.34. The quantitative estimate of drug-likeness (QED) is 0.561. The maximum Gasteiger partial charge on any atom is 0.0300 e. The van der Waals surface area contributed by atoms with E-state index in [1.54, 1.807) is 0 Å². The molecule has 0 aromatic carbocycles. The van der Waals surface area contributed by atoms with E-state index >= 15 is 0 Å². The summed E-state index contributed by atoms with van der Waals surface area (Å²) < 4.78 is 0. The Bertz CT molecular complexity index is 242. The number of allylic oxidation sites excluding steroid dienone is 3. The minimum atomic E-state index is 0.479. The molecule has 2 aliphatic rings. The third-order valence-corrected chi connectivity index (χ3v) is 3.27. The normalized spacial score (nSPS) is 29.2. The van der Waals surface area contributed by atoms with Crippen LogP contribution in [0.4, 0.5) is 0 Å². The van der Waals surface area contributed by atoms with Crippen LogP contribution in [0.3, 0.4) is 0 Å². The predicted molar refractivity (Wildman–Crippen MR) is 55.4 cm³/mol. The second-order valence-corrected chi connectivity index (χ2v) is 4.19. The number of hydrogen-bond acceptors (Lipinski definition) is 2. The summed E-state index contributed by atoms with van der Waals surface area (Å²) >= 11 is 4.59. The smallest absolute Gasteiger partial charge is 0.0300 e. The van der Waals surface area contributed by atoms with Gasteiger partial charge in [0.05, 0.1) is 0 Å². The lowest BCUT2D eigenvalue weighted by Crippen LogP contribution is -2.30. The van der Waals surface area contributed by atoms with E-state index in [-0.39, 0.29) is 0 Å². The molecule has 1 atom stereocenters. The molecule has 1 heterocycles. The summed E-state index contributed by atoms with van der Waals surface area (Å²) in [6.45, 7) is 1.17. The fraction of sp³-hybridized carbons (Fsp3) is 0.600. The Morgan fingerprint density at radius 3 is 3.17 bits per heavy atom. The summed E-state index contributed by atoms with van der Waals surface area (Å²) in [5, 5.41) is 0.479. The van der Waals surface area contributed by atoms with E-state index < -0.39 is 0 Å². The molecular weight excluding hydrogens is 166 g/mol. The van der Waals surface area contributed by atoms with Gasteiger partial charge in [0.2, 0.25) is 0 Å². The van der Waals surface area contributed by atoms with E-state index in [0.717, 1.165) is 0 Å². The summed E-state index contributed by atoms with van der Waals surface area (Å²) in [5.41, 5.74) is 2.97. The van der Waals surface area contributed by atoms with Crippen molar-refractivity contribution in [3.63, 3.8) is 0 Å². The molecule has 0 amide bonds. The molecule has 0 fully saturated rings. The summed E-state index contributed by atoms with van der Waals surface area (Å²) in [5.74, 6) is 0. The Morgan fingerprint density at radius 1 is 1.58 bits per heavy atom. The zero-order valence-corrected chi connectivity index (χ0v) is 8.35. The molecule has 0 bridgehead atoms. The zero-order chi connectivity index (χ0) is 8.55. The number of rotatable bonds is 0. The molecule has 0 aromatic heterocycles. The van der Waals surface area contributed by atoms with Crippen LogP contribution in [0.5, 0.6) is 0 Å². The van der Waals surface area contributed by atoms with Crippen molar-refractivity contribution in [2.24, 2.45) is 0 Å². The van der Waals surface area contributed by atoms with Gasteiger partial charge in [0.25, 0.3) is 0 Å². The molecule has 1 unspecified atom stereocenters. The Morgan fingerprint density at radius 2 is 2.42 bits per heavy atom. The summed E-state index contributed by atoms with van der Waals surface area (Å²) in [4.78, 5) is 2.38. The maximum absolute atomic E-state index is 4.59. The highest BCUT2D eigenvalue weighted by Gasteiger charge is 2.22. The van der Waals surface area contributed by atoms with Crippen LogP contribution >= 0.6 is 12.6 Å². The van der Waals surface area contributed by atoms with E-state index in [2.05, 4.69) is 36.7 Å². The number of hydrogen-bond donors (Lipinski definition) is 1. The van der Waals surface area contributed by atoms with Gasteiger partial charge < -0.3 is 4.90 Å². The first-order chi connectivity index (χ1) is 5.79. The van der Waals surface area contributed by atoms with Crippen molar-refractivity contribution in [2.75, 3.05) is 13.6 Å². The van der Waals surface area contributed by atoms with Crippen molar-refractivity contribution in [1.82, 2.24) is 4.90 Å². The third-order valence-electron chi connectivity index (χ3n) is 2.74. The monoisotopic (exact) mass is 181 g/mol. The molecule has 1 aliphatic heterocycles. The highest BCUT2D eigenvalue weighted by Crippen LogP contribution is 2.31. The average molecular weight is 181 g/mol. The molecule has 0 saturated heterocycles. The molecule has 0 saturated carbocycles. The van der Waals surface area contributed by atoms with Crippen LogP contribution in [-0.2, 0) is 0 Å². The molecule has 0 spiro atoms. The highest BCUT2D eigenvalue weighted by molar-refractivity contribution is 7.81. The van der Waals surface area contributed by atoms with Crippen LogP contribution in [0.2, 0.25) is 0 Å². The lowest BCUT2D eigenvalue weighted by atomic mass is 9.94. The predicted octanol–water partition coefficient (Wildman–Crippen LogP) is 2.22. The van der Waals surface area contributed by atoms with Gasteiger partial charge in [-0.1, -0.05) is 12.2 Å². The molecule has 1 aliphatic carbocycles. The van der Waals surface area contributed by atoms with Gasteiger partial charge in [-0.3, -0.25) is 0 Å². The SMILES string of the molecule is CN1CCC(S)C2=C1CCC=C2. The van der Waals surface area contributed by atoms with Crippen molar-refractivity contribution in [3.05, 3.63) is 23.4 Å². The second kappa shape index (κ2) is 3.17. The van der Waals surface area contributed by atoms with Crippen LogP contribution in [0.15, 0.2) is 23.4 Å². The van der Waals surface area contributed by atoms with Gasteiger partial charge in [-0.25, -0.2) is 0 Å². The van der Waals surface area contributed by atoms with Crippen molar-refractivity contribution >= 4 is 12.6 Å². The first-order valence-corrected chi connectivity index (χ1v) is 5.09. The van der Waals surface area contributed by atoms with Crippen molar-refractivity contribution < 1.29 is 0 Å². The first kappa shape index (κ1) is 8.24. The van der Waals surface area contributed by atoms with E-state index in [1.165, 1.54) is 37.1 Å². The fourth-order valence-electron chi connectivity index (χ4n) is 1.99. The molecule has 1 nitrogen and oxygen atoms in total. The Balaban J connectivity index is 2.34. The molecule has 66 valence electrons. The lowest BCUT2D eigenvalue weighted by Gasteiger charge is -2.34. The van der Waals surface area contributed by atoms with E-state index in [9.17, 15) is 0 Å². The van der Waals surface area contributed by atoms with Crippen molar-refractivity contribution in [3.8, 4) is 0 Å². The molecular formula is C10H15NS. The molecule has 2 heteroatoms. The van der Waals surface area contributed by atoms with Gasteiger partial charge in [0.15, 0.2) is 0 Å². The van der Waals surface area contributed by atoms with Crippen LogP contribution < -0.4 is 0 Å². The summed E-state index contributed by atoms with van der Waals surface area (Å²) in [6.07, 6.45) is 8.11. The first-order valence-electron chi connectivity index (χ1n) is 4.58. The standard InChI is InChI=1S/C10H15NS/c1-11-7-6-10(12)8-4-2-3-5-9(8)11/h2,4,10,12H,3,5-7H2,1H3. The van der Waals surface area contributed by atoms with Crippen LogP contribution in [0, 0.1) is 0 Å². The van der Waals surface area contributed by atoms with Crippen LogP contribution in [-0.4, -0.2) is 23.7 Å². The molecule has 0 radical (unpaired) electrons. The lowest BCUT2D eigenvalue weighted by molar-refractivity contribution is 0.368. The number of thiol groups is 1. The Labute approximate surface area is 79.5 Å². The van der Waals surface area contributed by atoms with Gasteiger partial charge >= 0.3 is 0 Å². The summed E-state index contributed by atoms with van der Waals surface area (Å²) in [6, 6.07) is 0. The van der Waals surface area contributed by atoms with E-state index in [0.29, 0.717) is 5.25 Å². The average Bonchev–Trinajstić information content (AvgIpc) is 2.12. The third kappa shape index (κ3) is 1.28. The van der Waals surface area contributed by atoms with Gasteiger partial charge in [0.1, 0.15) is 0 Å². The van der Waals surface area contributed by atoms with Crippen LogP contribution in [0.1, 0.15) is 19.3 Å². The zero-order valence-electron chi connectivity index (χ0n) is 7.45.